The van der Waals surface area contributed by atoms with E-state index >= 15 is 0 Å². The van der Waals surface area contributed by atoms with Gasteiger partial charge in [-0.05, 0) is 40.4 Å². The van der Waals surface area contributed by atoms with E-state index in [0.717, 1.165) is 6.54 Å². The Morgan fingerprint density at radius 2 is 1.69 bits per heavy atom. The van der Waals surface area contributed by atoms with Gasteiger partial charge in [-0.15, -0.1) is 0 Å². The van der Waals surface area contributed by atoms with E-state index in [4.69, 9.17) is 0 Å². The SMILES string of the molecule is CCNC(C(C)C)C(C)(C)N(C)C. The summed E-state index contributed by atoms with van der Waals surface area (Å²) in [7, 11) is 4.29. The average Bonchev–Trinajstić information content (AvgIpc) is 1.98. The highest BCUT2D eigenvalue weighted by Crippen LogP contribution is 2.21. The Hall–Kier alpha value is -0.0800. The highest BCUT2D eigenvalue weighted by Gasteiger charge is 2.32. The lowest BCUT2D eigenvalue weighted by Gasteiger charge is -2.42. The summed E-state index contributed by atoms with van der Waals surface area (Å²) in [4.78, 5) is 2.29. The molecule has 1 N–H and O–H groups in total. The third-order valence-corrected chi connectivity index (χ3v) is 3.00. The number of hydrogen-bond acceptors (Lipinski definition) is 2. The van der Waals surface area contributed by atoms with Crippen molar-refractivity contribution in [3.05, 3.63) is 0 Å². The van der Waals surface area contributed by atoms with Crippen molar-refractivity contribution in [1.29, 1.82) is 0 Å². The lowest BCUT2D eigenvalue weighted by molar-refractivity contribution is 0.112. The predicted octanol–water partition coefficient (Wildman–Crippen LogP) is 1.96. The van der Waals surface area contributed by atoms with Crippen LogP contribution in [0.2, 0.25) is 0 Å². The van der Waals surface area contributed by atoms with Gasteiger partial charge >= 0.3 is 0 Å². The second-order valence-corrected chi connectivity index (χ2v) is 4.83. The summed E-state index contributed by atoms with van der Waals surface area (Å²) < 4.78 is 0. The summed E-state index contributed by atoms with van der Waals surface area (Å²) in [6, 6.07) is 0.549. The minimum Gasteiger partial charge on any atom is -0.312 e. The van der Waals surface area contributed by atoms with E-state index in [0.29, 0.717) is 12.0 Å². The Bertz CT molecular complexity index is 139. The van der Waals surface area contributed by atoms with Crippen molar-refractivity contribution >= 4 is 0 Å². The Balaban J connectivity index is 4.51. The lowest BCUT2D eigenvalue weighted by atomic mass is 9.85. The van der Waals surface area contributed by atoms with E-state index < -0.39 is 0 Å². The summed E-state index contributed by atoms with van der Waals surface area (Å²) in [6.45, 7) is 12.3. The molecule has 0 aromatic carbocycles. The van der Waals surface area contributed by atoms with Crippen LogP contribution in [0.1, 0.15) is 34.6 Å². The number of likely N-dealkylation sites (N-methyl/N-ethyl adjacent to an activating group) is 2. The standard InChI is InChI=1S/C11H26N2/c1-8-12-10(9(2)3)11(4,5)13(6)7/h9-10,12H,8H2,1-7H3. The minimum atomic E-state index is 0.212. The molecule has 0 saturated heterocycles. The lowest BCUT2D eigenvalue weighted by Crippen LogP contribution is -2.57. The third-order valence-electron chi connectivity index (χ3n) is 3.00. The van der Waals surface area contributed by atoms with Crippen LogP contribution in [0, 0.1) is 5.92 Å². The van der Waals surface area contributed by atoms with E-state index in [9.17, 15) is 0 Å². The molecule has 0 heterocycles. The zero-order valence-corrected chi connectivity index (χ0v) is 10.3. The summed E-state index contributed by atoms with van der Waals surface area (Å²) in [6.07, 6.45) is 0. The topological polar surface area (TPSA) is 15.3 Å². The van der Waals surface area contributed by atoms with Crippen LogP contribution in [-0.4, -0.2) is 37.1 Å². The molecule has 0 aromatic rings. The van der Waals surface area contributed by atoms with Crippen LogP contribution < -0.4 is 5.32 Å². The first-order valence-corrected chi connectivity index (χ1v) is 5.24. The van der Waals surface area contributed by atoms with Gasteiger partial charge in [-0.3, -0.25) is 0 Å². The molecule has 0 spiro atoms. The molecular formula is C11H26N2. The van der Waals surface area contributed by atoms with Crippen molar-refractivity contribution in [2.75, 3.05) is 20.6 Å². The molecule has 0 saturated carbocycles. The van der Waals surface area contributed by atoms with E-state index in [2.05, 4.69) is 58.9 Å². The quantitative estimate of drug-likeness (QED) is 0.706. The molecule has 0 bridgehead atoms. The number of hydrogen-bond donors (Lipinski definition) is 1. The van der Waals surface area contributed by atoms with Crippen LogP contribution in [0.3, 0.4) is 0 Å². The fourth-order valence-corrected chi connectivity index (χ4v) is 1.80. The van der Waals surface area contributed by atoms with Gasteiger partial charge in [0.1, 0.15) is 0 Å². The fraction of sp³-hybridized carbons (Fsp3) is 1.00. The molecule has 2 heteroatoms. The van der Waals surface area contributed by atoms with Crippen LogP contribution in [0.15, 0.2) is 0 Å². The second kappa shape index (κ2) is 4.97. The van der Waals surface area contributed by atoms with Crippen molar-refractivity contribution in [3.63, 3.8) is 0 Å². The summed E-state index contributed by atoms with van der Waals surface area (Å²) in [5.74, 6) is 0.664. The van der Waals surface area contributed by atoms with E-state index in [1.165, 1.54) is 0 Å². The van der Waals surface area contributed by atoms with Crippen LogP contribution in [0.5, 0.6) is 0 Å². The highest BCUT2D eigenvalue weighted by atomic mass is 15.2. The molecule has 1 atom stereocenters. The maximum absolute atomic E-state index is 3.56. The largest absolute Gasteiger partial charge is 0.312 e. The van der Waals surface area contributed by atoms with Crippen LogP contribution in [0.4, 0.5) is 0 Å². The highest BCUT2D eigenvalue weighted by molar-refractivity contribution is 4.92. The van der Waals surface area contributed by atoms with Gasteiger partial charge < -0.3 is 10.2 Å². The molecule has 80 valence electrons. The van der Waals surface area contributed by atoms with Gasteiger partial charge in [0.05, 0.1) is 0 Å². The number of rotatable bonds is 5. The van der Waals surface area contributed by atoms with Gasteiger partial charge in [0, 0.05) is 11.6 Å². The van der Waals surface area contributed by atoms with Crippen molar-refractivity contribution in [2.45, 2.75) is 46.2 Å². The van der Waals surface area contributed by atoms with Gasteiger partial charge in [0.25, 0.3) is 0 Å². The van der Waals surface area contributed by atoms with Gasteiger partial charge in [0.15, 0.2) is 0 Å². The Labute approximate surface area is 83.7 Å². The average molecular weight is 186 g/mol. The Morgan fingerprint density at radius 3 is 1.92 bits per heavy atom. The molecule has 0 rings (SSSR count). The molecule has 0 aliphatic heterocycles. The fourth-order valence-electron chi connectivity index (χ4n) is 1.80. The normalized spacial score (nSPS) is 15.5. The summed E-state index contributed by atoms with van der Waals surface area (Å²) in [5.41, 5.74) is 0.212. The van der Waals surface area contributed by atoms with Crippen molar-refractivity contribution in [3.8, 4) is 0 Å². The maximum Gasteiger partial charge on any atom is 0.0302 e. The number of nitrogens with zero attached hydrogens (tertiary/aromatic N) is 1. The smallest absolute Gasteiger partial charge is 0.0302 e. The maximum atomic E-state index is 3.56. The first-order chi connectivity index (χ1) is 5.84. The van der Waals surface area contributed by atoms with Crippen LogP contribution >= 0.6 is 0 Å². The van der Waals surface area contributed by atoms with Gasteiger partial charge in [-0.2, -0.15) is 0 Å². The first-order valence-electron chi connectivity index (χ1n) is 5.24. The third kappa shape index (κ3) is 3.28. The zero-order chi connectivity index (χ0) is 10.6. The van der Waals surface area contributed by atoms with Crippen molar-refractivity contribution in [1.82, 2.24) is 10.2 Å². The number of nitrogens with one attached hydrogen (secondary N) is 1. The summed E-state index contributed by atoms with van der Waals surface area (Å²) >= 11 is 0. The molecule has 0 fully saturated rings. The monoisotopic (exact) mass is 186 g/mol. The van der Waals surface area contributed by atoms with E-state index in [1.807, 2.05) is 0 Å². The second-order valence-electron chi connectivity index (χ2n) is 4.83. The molecular weight excluding hydrogens is 160 g/mol. The first kappa shape index (κ1) is 12.9. The molecule has 1 unspecified atom stereocenters. The molecule has 2 nitrogen and oxygen atoms in total. The molecule has 13 heavy (non-hydrogen) atoms. The predicted molar refractivity (Wildman–Crippen MR) is 60.1 cm³/mol. The molecule has 0 radical (unpaired) electrons. The molecule has 0 aromatic heterocycles. The molecule has 0 amide bonds. The van der Waals surface area contributed by atoms with Crippen LogP contribution in [0.25, 0.3) is 0 Å². The van der Waals surface area contributed by atoms with Gasteiger partial charge in [0.2, 0.25) is 0 Å². The minimum absolute atomic E-state index is 0.212. The van der Waals surface area contributed by atoms with Gasteiger partial charge in [-0.25, -0.2) is 0 Å². The Morgan fingerprint density at radius 1 is 1.23 bits per heavy atom. The Kier molecular flexibility index (Phi) is 4.93. The zero-order valence-electron chi connectivity index (χ0n) is 10.3. The van der Waals surface area contributed by atoms with Crippen molar-refractivity contribution < 1.29 is 0 Å². The van der Waals surface area contributed by atoms with E-state index in [1.54, 1.807) is 0 Å². The summed E-state index contributed by atoms with van der Waals surface area (Å²) in [5, 5.41) is 3.56. The van der Waals surface area contributed by atoms with Gasteiger partial charge in [-0.1, -0.05) is 20.8 Å². The molecule has 0 aliphatic rings. The van der Waals surface area contributed by atoms with Crippen molar-refractivity contribution in [2.24, 2.45) is 5.92 Å². The van der Waals surface area contributed by atoms with E-state index in [-0.39, 0.29) is 5.54 Å². The molecule has 0 aliphatic carbocycles. The van der Waals surface area contributed by atoms with Crippen LogP contribution in [-0.2, 0) is 0 Å².